The second-order valence-electron chi connectivity index (χ2n) is 7.80. The zero-order valence-corrected chi connectivity index (χ0v) is 12.0. The third-order valence-corrected chi connectivity index (χ3v) is 6.79. The number of hydrogen-bond acceptors (Lipinski definition) is 2. The summed E-state index contributed by atoms with van der Waals surface area (Å²) in [5.74, 6) is 4.26. The van der Waals surface area contributed by atoms with E-state index in [1.54, 1.807) is 6.42 Å². The molecular weight excluding hydrogens is 244 g/mol. The van der Waals surface area contributed by atoms with Gasteiger partial charge in [-0.05, 0) is 73.5 Å². The quantitative estimate of drug-likeness (QED) is 0.824. The second-order valence-corrected chi connectivity index (χ2v) is 7.80. The van der Waals surface area contributed by atoms with Crippen molar-refractivity contribution in [3.63, 3.8) is 0 Å². The number of nitrogens with one attached hydrogen (secondary N) is 1. The molecule has 0 aromatic heterocycles. The number of benzene rings is 1. The molecule has 4 atom stereocenters. The van der Waals surface area contributed by atoms with E-state index in [0.29, 0.717) is 5.41 Å². The molecule has 3 N–H and O–H groups in total. The first-order valence-electron chi connectivity index (χ1n) is 8.36. The summed E-state index contributed by atoms with van der Waals surface area (Å²) in [5, 5.41) is 3.94. The lowest BCUT2D eigenvalue weighted by atomic mass is 9.95. The maximum Gasteiger partial charge on any atom is 0.0314 e. The van der Waals surface area contributed by atoms with Gasteiger partial charge in [0, 0.05) is 23.7 Å². The van der Waals surface area contributed by atoms with Gasteiger partial charge in [0.05, 0.1) is 0 Å². The van der Waals surface area contributed by atoms with Crippen LogP contribution in [0.25, 0.3) is 0 Å². The Labute approximate surface area is 121 Å². The molecule has 4 saturated carbocycles. The van der Waals surface area contributed by atoms with Gasteiger partial charge in [-0.15, -0.1) is 0 Å². The third-order valence-electron chi connectivity index (χ3n) is 6.79. The summed E-state index contributed by atoms with van der Waals surface area (Å²) in [7, 11) is 0. The van der Waals surface area contributed by atoms with Gasteiger partial charge in [-0.25, -0.2) is 0 Å². The maximum absolute atomic E-state index is 5.81. The summed E-state index contributed by atoms with van der Waals surface area (Å²) in [5.41, 5.74) is 8.61. The molecule has 2 bridgehead atoms. The van der Waals surface area contributed by atoms with E-state index in [-0.39, 0.29) is 0 Å². The average Bonchev–Trinajstić information content (AvgIpc) is 3.32. The first kappa shape index (κ1) is 11.6. The zero-order valence-electron chi connectivity index (χ0n) is 12.0. The smallest absolute Gasteiger partial charge is 0.0314 e. The molecule has 5 rings (SSSR count). The lowest BCUT2D eigenvalue weighted by Crippen LogP contribution is -2.31. The Bertz CT molecular complexity index is 515. The molecule has 106 valence electrons. The monoisotopic (exact) mass is 268 g/mol. The normalized spacial score (nSPS) is 42.5. The highest BCUT2D eigenvalue weighted by Gasteiger charge is 2.65. The Hall–Kier alpha value is -1.02. The van der Waals surface area contributed by atoms with Gasteiger partial charge >= 0.3 is 0 Å². The fourth-order valence-electron chi connectivity index (χ4n) is 5.47. The molecule has 4 aliphatic rings. The van der Waals surface area contributed by atoms with Crippen molar-refractivity contribution < 1.29 is 0 Å². The highest BCUT2D eigenvalue weighted by Crippen LogP contribution is 2.65. The van der Waals surface area contributed by atoms with Crippen LogP contribution < -0.4 is 11.1 Å². The number of anilines is 1. The first-order chi connectivity index (χ1) is 9.77. The van der Waals surface area contributed by atoms with Crippen LogP contribution in [0.3, 0.4) is 0 Å². The van der Waals surface area contributed by atoms with Crippen LogP contribution in [0.2, 0.25) is 0 Å². The molecule has 0 amide bonds. The molecule has 0 heterocycles. The van der Waals surface area contributed by atoms with Crippen LogP contribution in [0, 0.1) is 23.7 Å². The Morgan fingerprint density at radius 1 is 1.05 bits per heavy atom. The van der Waals surface area contributed by atoms with Gasteiger partial charge in [-0.2, -0.15) is 0 Å². The summed E-state index contributed by atoms with van der Waals surface area (Å²) >= 11 is 0. The Kier molecular flexibility index (Phi) is 2.20. The number of rotatable bonds is 4. The van der Waals surface area contributed by atoms with E-state index in [2.05, 4.69) is 29.6 Å². The molecule has 4 unspecified atom stereocenters. The Morgan fingerprint density at radius 3 is 2.30 bits per heavy atom. The average molecular weight is 268 g/mol. The van der Waals surface area contributed by atoms with Crippen LogP contribution in [0.5, 0.6) is 0 Å². The summed E-state index contributed by atoms with van der Waals surface area (Å²) in [4.78, 5) is 0. The van der Waals surface area contributed by atoms with E-state index >= 15 is 0 Å². The van der Waals surface area contributed by atoms with Crippen LogP contribution in [-0.4, -0.2) is 12.6 Å². The lowest BCUT2D eigenvalue weighted by Gasteiger charge is -2.18. The molecule has 4 aliphatic carbocycles. The first-order valence-corrected chi connectivity index (χ1v) is 8.36. The van der Waals surface area contributed by atoms with Gasteiger partial charge in [-0.3, -0.25) is 0 Å². The van der Waals surface area contributed by atoms with E-state index in [0.717, 1.165) is 35.4 Å². The fourth-order valence-corrected chi connectivity index (χ4v) is 5.47. The van der Waals surface area contributed by atoms with Gasteiger partial charge in [0.1, 0.15) is 0 Å². The number of fused-ring (bicyclic) bond motifs is 5. The molecule has 0 radical (unpaired) electrons. The summed E-state index contributed by atoms with van der Waals surface area (Å²) < 4.78 is 0. The maximum atomic E-state index is 5.81. The summed E-state index contributed by atoms with van der Waals surface area (Å²) in [6, 6.07) is 9.46. The zero-order chi connectivity index (χ0) is 13.3. The van der Waals surface area contributed by atoms with Crippen molar-refractivity contribution >= 4 is 5.69 Å². The van der Waals surface area contributed by atoms with E-state index in [4.69, 9.17) is 5.73 Å². The molecule has 1 aromatic carbocycles. The molecule has 1 aromatic rings. The predicted octanol–water partition coefficient (Wildman–Crippen LogP) is 2.93. The van der Waals surface area contributed by atoms with Crippen LogP contribution in [-0.2, 0) is 5.41 Å². The predicted molar refractivity (Wildman–Crippen MR) is 81.4 cm³/mol. The number of hydrogen-bond donors (Lipinski definition) is 2. The topological polar surface area (TPSA) is 38.0 Å². The Morgan fingerprint density at radius 2 is 1.70 bits per heavy atom. The molecule has 20 heavy (non-hydrogen) atoms. The molecule has 2 heteroatoms. The third kappa shape index (κ3) is 1.54. The van der Waals surface area contributed by atoms with E-state index in [1.807, 2.05) is 0 Å². The van der Waals surface area contributed by atoms with Gasteiger partial charge < -0.3 is 11.1 Å². The molecule has 0 saturated heterocycles. The Balaban J connectivity index is 1.26. The van der Waals surface area contributed by atoms with Crippen LogP contribution in [0.15, 0.2) is 24.3 Å². The van der Waals surface area contributed by atoms with Crippen LogP contribution >= 0.6 is 0 Å². The van der Waals surface area contributed by atoms with Crippen molar-refractivity contribution in [2.75, 3.05) is 12.3 Å². The van der Waals surface area contributed by atoms with Crippen LogP contribution in [0.1, 0.15) is 37.7 Å². The fraction of sp³-hybridized carbons (Fsp3) is 0.667. The molecular formula is C18H24N2. The van der Waals surface area contributed by atoms with E-state index < -0.39 is 0 Å². The van der Waals surface area contributed by atoms with Gasteiger partial charge in [0.2, 0.25) is 0 Å². The lowest BCUT2D eigenvalue weighted by molar-refractivity contribution is 0.445. The van der Waals surface area contributed by atoms with Crippen molar-refractivity contribution in [1.82, 2.24) is 5.32 Å². The van der Waals surface area contributed by atoms with Gasteiger partial charge in [0.15, 0.2) is 0 Å². The van der Waals surface area contributed by atoms with Crippen molar-refractivity contribution in [3.05, 3.63) is 29.8 Å². The number of nitrogens with two attached hydrogens (primary N) is 1. The van der Waals surface area contributed by atoms with Crippen molar-refractivity contribution in [2.45, 2.75) is 43.6 Å². The number of nitrogen functional groups attached to an aromatic ring is 1. The van der Waals surface area contributed by atoms with Crippen molar-refractivity contribution in [2.24, 2.45) is 23.7 Å². The molecule has 4 fully saturated rings. The van der Waals surface area contributed by atoms with Crippen LogP contribution in [0.4, 0.5) is 5.69 Å². The van der Waals surface area contributed by atoms with E-state index in [9.17, 15) is 0 Å². The van der Waals surface area contributed by atoms with Gasteiger partial charge in [0.25, 0.3) is 0 Å². The minimum absolute atomic E-state index is 0.434. The molecule has 2 nitrogen and oxygen atoms in total. The minimum atomic E-state index is 0.434. The highest BCUT2D eigenvalue weighted by molar-refractivity contribution is 5.43. The molecule has 0 aliphatic heterocycles. The van der Waals surface area contributed by atoms with Crippen molar-refractivity contribution in [3.8, 4) is 0 Å². The SMILES string of the molecule is Nc1ccc(C2(CNC3C4C5CCC(C5)C34)CC2)cc1. The standard InChI is InChI=1S/C18H24N2/c19-14-5-3-13(4-6-14)18(7-8-18)10-20-17-15-11-1-2-12(9-11)16(15)17/h3-6,11-12,15-17,20H,1-2,7-10,19H2. The summed E-state index contributed by atoms with van der Waals surface area (Å²) in [6.07, 6.45) is 7.29. The minimum Gasteiger partial charge on any atom is -0.399 e. The highest BCUT2D eigenvalue weighted by atomic mass is 15.0. The second kappa shape index (κ2) is 3.79. The largest absolute Gasteiger partial charge is 0.399 e. The molecule has 0 spiro atoms. The van der Waals surface area contributed by atoms with E-state index in [1.165, 1.54) is 37.8 Å². The van der Waals surface area contributed by atoms with Gasteiger partial charge in [-0.1, -0.05) is 12.1 Å². The van der Waals surface area contributed by atoms with Crippen molar-refractivity contribution in [1.29, 1.82) is 0 Å². The summed E-state index contributed by atoms with van der Waals surface area (Å²) in [6.45, 7) is 1.19.